The van der Waals surface area contributed by atoms with E-state index in [0.717, 1.165) is 23.2 Å². The van der Waals surface area contributed by atoms with Gasteiger partial charge in [0.15, 0.2) is 0 Å². The summed E-state index contributed by atoms with van der Waals surface area (Å²) in [5, 5.41) is 7.75. The van der Waals surface area contributed by atoms with E-state index in [-0.39, 0.29) is 6.04 Å². The van der Waals surface area contributed by atoms with Crippen LogP contribution in [0.25, 0.3) is 10.9 Å². The van der Waals surface area contributed by atoms with E-state index in [0.29, 0.717) is 11.1 Å². The Hall–Kier alpha value is -2.92. The number of benzene rings is 2. The van der Waals surface area contributed by atoms with Crippen molar-refractivity contribution in [2.75, 3.05) is 18.9 Å². The highest BCUT2D eigenvalue weighted by atomic mass is 16.1. The average molecular weight is 334 g/mol. The van der Waals surface area contributed by atoms with Crippen molar-refractivity contribution in [3.63, 3.8) is 0 Å². The molecular weight excluding hydrogens is 312 g/mol. The summed E-state index contributed by atoms with van der Waals surface area (Å²) in [6, 6.07) is 15.9. The lowest BCUT2D eigenvalue weighted by atomic mass is 10.0. The molecule has 0 aliphatic heterocycles. The summed E-state index contributed by atoms with van der Waals surface area (Å²) in [5.41, 5.74) is 9.74. The maximum absolute atomic E-state index is 11.7. The molecule has 2 aromatic carbocycles. The molecule has 5 heteroatoms. The molecule has 3 aromatic rings. The number of nitrogens with zero attached hydrogens (tertiary/aromatic N) is 1. The van der Waals surface area contributed by atoms with E-state index >= 15 is 0 Å². The first-order valence-corrected chi connectivity index (χ1v) is 8.26. The van der Waals surface area contributed by atoms with Crippen LogP contribution in [0.4, 0.5) is 5.69 Å². The number of aryl methyl sites for hydroxylation is 1. The number of amides is 1. The van der Waals surface area contributed by atoms with Gasteiger partial charge in [-0.1, -0.05) is 42.5 Å². The van der Waals surface area contributed by atoms with Crippen LogP contribution in [-0.2, 0) is 0 Å². The fourth-order valence-electron chi connectivity index (χ4n) is 3.03. The van der Waals surface area contributed by atoms with Gasteiger partial charge >= 0.3 is 0 Å². The maximum Gasteiger partial charge on any atom is 0.250 e. The van der Waals surface area contributed by atoms with Gasteiger partial charge in [0.05, 0.1) is 17.1 Å². The van der Waals surface area contributed by atoms with Crippen LogP contribution in [0.3, 0.4) is 0 Å². The van der Waals surface area contributed by atoms with Crippen molar-refractivity contribution in [2.45, 2.75) is 13.0 Å². The van der Waals surface area contributed by atoms with Gasteiger partial charge < -0.3 is 16.4 Å². The topological polar surface area (TPSA) is 80.0 Å². The van der Waals surface area contributed by atoms with Crippen LogP contribution in [-0.4, -0.2) is 24.5 Å². The van der Waals surface area contributed by atoms with E-state index in [9.17, 15) is 4.79 Å². The second kappa shape index (κ2) is 7.32. The molecule has 128 valence electrons. The number of rotatable bonds is 6. The Kier molecular flexibility index (Phi) is 4.95. The van der Waals surface area contributed by atoms with Crippen LogP contribution in [0.5, 0.6) is 0 Å². The molecule has 0 radical (unpaired) electrons. The van der Waals surface area contributed by atoms with E-state index in [4.69, 9.17) is 5.73 Å². The minimum Gasteiger partial charge on any atom is -0.376 e. The summed E-state index contributed by atoms with van der Waals surface area (Å²) >= 11 is 0. The number of aromatic nitrogens is 1. The van der Waals surface area contributed by atoms with E-state index in [1.54, 1.807) is 12.3 Å². The molecule has 1 atom stereocenters. The molecule has 0 saturated heterocycles. The number of hydrogen-bond acceptors (Lipinski definition) is 4. The fraction of sp³-hybridized carbons (Fsp3) is 0.200. The number of likely N-dealkylation sites (N-methyl/N-ethyl adjacent to an activating group) is 1. The first-order valence-electron chi connectivity index (χ1n) is 8.26. The Morgan fingerprint density at radius 3 is 2.60 bits per heavy atom. The van der Waals surface area contributed by atoms with Crippen LogP contribution in [0.15, 0.2) is 54.7 Å². The smallest absolute Gasteiger partial charge is 0.250 e. The monoisotopic (exact) mass is 334 g/mol. The van der Waals surface area contributed by atoms with Crippen LogP contribution < -0.4 is 16.4 Å². The number of hydrogen-bond donors (Lipinski definition) is 3. The summed E-state index contributed by atoms with van der Waals surface area (Å²) < 4.78 is 0. The number of pyridine rings is 1. The highest BCUT2D eigenvalue weighted by Crippen LogP contribution is 2.30. The predicted octanol–water partition coefficient (Wildman–Crippen LogP) is 3.01. The van der Waals surface area contributed by atoms with Gasteiger partial charge in [0.1, 0.15) is 0 Å². The molecule has 1 unspecified atom stereocenters. The molecule has 1 heterocycles. The Balaban J connectivity index is 2.09. The molecule has 0 saturated carbocycles. The van der Waals surface area contributed by atoms with Crippen molar-refractivity contribution in [3.05, 3.63) is 71.4 Å². The quantitative estimate of drug-likeness (QED) is 0.647. The van der Waals surface area contributed by atoms with Crippen molar-refractivity contribution in [3.8, 4) is 0 Å². The van der Waals surface area contributed by atoms with Gasteiger partial charge in [0.25, 0.3) is 5.91 Å². The summed E-state index contributed by atoms with van der Waals surface area (Å²) in [7, 11) is 1.93. The normalized spacial score (nSPS) is 12.1. The number of primary amides is 1. The Morgan fingerprint density at radius 2 is 1.92 bits per heavy atom. The lowest BCUT2D eigenvalue weighted by molar-refractivity contribution is 0.100. The number of carbonyl (C=O) groups excluding carboxylic acids is 1. The molecule has 5 nitrogen and oxygen atoms in total. The van der Waals surface area contributed by atoms with Crippen LogP contribution >= 0.6 is 0 Å². The van der Waals surface area contributed by atoms with E-state index in [1.165, 1.54) is 5.56 Å². The summed E-state index contributed by atoms with van der Waals surface area (Å²) in [4.78, 5) is 16.1. The maximum atomic E-state index is 11.7. The molecule has 0 aliphatic rings. The SMILES string of the molecule is CNCC(Nc1c(C)cnc2c(C(N)=O)cccc12)c1ccccc1. The van der Waals surface area contributed by atoms with Crippen molar-refractivity contribution in [2.24, 2.45) is 5.73 Å². The van der Waals surface area contributed by atoms with E-state index in [1.807, 2.05) is 44.3 Å². The number of nitrogens with two attached hydrogens (primary N) is 1. The van der Waals surface area contributed by atoms with Gasteiger partial charge in [-0.25, -0.2) is 0 Å². The second-order valence-electron chi connectivity index (χ2n) is 6.05. The number of para-hydroxylation sites is 1. The molecule has 0 bridgehead atoms. The molecule has 0 fully saturated rings. The largest absolute Gasteiger partial charge is 0.376 e. The average Bonchev–Trinajstić information content (AvgIpc) is 2.63. The van der Waals surface area contributed by atoms with E-state index in [2.05, 4.69) is 27.8 Å². The molecule has 25 heavy (non-hydrogen) atoms. The summed E-state index contributed by atoms with van der Waals surface area (Å²) in [6.45, 7) is 2.77. The Bertz CT molecular complexity index is 893. The van der Waals surface area contributed by atoms with Gasteiger partial charge in [0.2, 0.25) is 0 Å². The van der Waals surface area contributed by atoms with Crippen molar-refractivity contribution < 1.29 is 4.79 Å². The Morgan fingerprint density at radius 1 is 1.16 bits per heavy atom. The zero-order chi connectivity index (χ0) is 17.8. The molecular formula is C20H22N4O. The summed E-state index contributed by atoms with van der Waals surface area (Å²) in [6.07, 6.45) is 1.78. The molecule has 3 rings (SSSR count). The highest BCUT2D eigenvalue weighted by Gasteiger charge is 2.16. The zero-order valence-electron chi connectivity index (χ0n) is 14.4. The lowest BCUT2D eigenvalue weighted by Crippen LogP contribution is -2.24. The first-order chi connectivity index (χ1) is 12.1. The van der Waals surface area contributed by atoms with E-state index < -0.39 is 5.91 Å². The predicted molar refractivity (Wildman–Crippen MR) is 102 cm³/mol. The standard InChI is InChI=1S/C20H22N4O/c1-13-11-23-19-15(9-6-10-16(19)20(21)25)18(13)24-17(12-22-2)14-7-4-3-5-8-14/h3-11,17,22H,12H2,1-2H3,(H2,21,25)(H,23,24). The van der Waals surface area contributed by atoms with Crippen LogP contribution in [0, 0.1) is 6.92 Å². The molecule has 1 amide bonds. The third-order valence-corrected chi connectivity index (χ3v) is 4.28. The van der Waals surface area contributed by atoms with Crippen molar-refractivity contribution in [1.82, 2.24) is 10.3 Å². The number of fused-ring (bicyclic) bond motifs is 1. The van der Waals surface area contributed by atoms with Gasteiger partial charge in [-0.2, -0.15) is 0 Å². The van der Waals surface area contributed by atoms with Gasteiger partial charge in [-0.05, 0) is 31.2 Å². The molecule has 1 aromatic heterocycles. The third kappa shape index (κ3) is 3.46. The van der Waals surface area contributed by atoms with Crippen LogP contribution in [0.2, 0.25) is 0 Å². The second-order valence-corrected chi connectivity index (χ2v) is 6.05. The molecule has 0 spiro atoms. The highest BCUT2D eigenvalue weighted by molar-refractivity contribution is 6.07. The minimum absolute atomic E-state index is 0.0905. The third-order valence-electron chi connectivity index (χ3n) is 4.28. The lowest BCUT2D eigenvalue weighted by Gasteiger charge is -2.23. The summed E-state index contributed by atoms with van der Waals surface area (Å²) in [5.74, 6) is -0.470. The first kappa shape index (κ1) is 16.9. The minimum atomic E-state index is -0.470. The number of nitrogens with one attached hydrogen (secondary N) is 2. The number of carbonyl (C=O) groups is 1. The zero-order valence-corrected chi connectivity index (χ0v) is 14.4. The molecule has 0 aliphatic carbocycles. The van der Waals surface area contributed by atoms with Crippen molar-refractivity contribution in [1.29, 1.82) is 0 Å². The van der Waals surface area contributed by atoms with Crippen molar-refractivity contribution >= 4 is 22.5 Å². The van der Waals surface area contributed by atoms with Crippen LogP contribution in [0.1, 0.15) is 27.5 Å². The number of anilines is 1. The van der Waals surface area contributed by atoms with Gasteiger partial charge in [0, 0.05) is 23.8 Å². The molecule has 4 N–H and O–H groups in total. The van der Waals surface area contributed by atoms with Gasteiger partial charge in [-0.3, -0.25) is 9.78 Å². The Labute approximate surface area is 147 Å². The van der Waals surface area contributed by atoms with Gasteiger partial charge in [-0.15, -0.1) is 0 Å². The fourth-order valence-corrected chi connectivity index (χ4v) is 3.03.